The Balaban J connectivity index is 1.27. The molecule has 0 saturated heterocycles. The highest BCUT2D eigenvalue weighted by atomic mass is 32.2. The molecular weight excluding hydrogens is 416 g/mol. The molecule has 154 valence electrons. The predicted molar refractivity (Wildman–Crippen MR) is 124 cm³/mol. The third-order valence-electron chi connectivity index (χ3n) is 4.53. The second kappa shape index (κ2) is 9.82. The van der Waals surface area contributed by atoms with Gasteiger partial charge < -0.3 is 14.5 Å². The molecule has 30 heavy (non-hydrogen) atoms. The quantitative estimate of drug-likeness (QED) is 0.314. The molecule has 0 saturated carbocycles. The lowest BCUT2D eigenvalue weighted by Crippen LogP contribution is -2.11. The Hall–Kier alpha value is -2.77. The van der Waals surface area contributed by atoms with Gasteiger partial charge in [0.2, 0.25) is 5.91 Å². The summed E-state index contributed by atoms with van der Waals surface area (Å²) >= 11 is 3.24. The molecule has 0 radical (unpaired) electrons. The molecule has 2 aromatic heterocycles. The number of carbonyl (C=O) groups excluding carboxylic acids is 1. The third-order valence-corrected chi connectivity index (χ3v) is 6.41. The molecule has 0 unspecified atom stereocenters. The maximum atomic E-state index is 12.2. The van der Waals surface area contributed by atoms with Crippen molar-refractivity contribution >= 4 is 45.1 Å². The van der Waals surface area contributed by atoms with Crippen LogP contribution >= 0.6 is 23.1 Å². The van der Waals surface area contributed by atoms with Crippen LogP contribution in [0.15, 0.2) is 64.4 Å². The molecule has 4 aromatic rings. The fourth-order valence-electron chi connectivity index (χ4n) is 3.05. The number of aromatic nitrogens is 1. The number of hydrogen-bond acceptors (Lipinski definition) is 6. The summed E-state index contributed by atoms with van der Waals surface area (Å²) in [7, 11) is 1.62. The number of methoxy groups -OCH3 is 1. The summed E-state index contributed by atoms with van der Waals surface area (Å²) in [6, 6.07) is 18.0. The molecule has 0 aliphatic heterocycles. The van der Waals surface area contributed by atoms with Crippen molar-refractivity contribution in [2.75, 3.05) is 18.2 Å². The van der Waals surface area contributed by atoms with Gasteiger partial charge in [0.05, 0.1) is 7.11 Å². The lowest BCUT2D eigenvalue weighted by Gasteiger charge is -2.03. The zero-order valence-corrected chi connectivity index (χ0v) is 18.2. The Kier molecular flexibility index (Phi) is 6.71. The number of thiazole rings is 1. The minimum atomic E-state index is -0.0116. The van der Waals surface area contributed by atoms with Crippen molar-refractivity contribution < 1.29 is 13.9 Å². The molecule has 5 nitrogen and oxygen atoms in total. The van der Waals surface area contributed by atoms with Gasteiger partial charge >= 0.3 is 0 Å². The number of nitrogens with zero attached hydrogens (tertiary/aromatic N) is 1. The summed E-state index contributed by atoms with van der Waals surface area (Å²) < 4.78 is 11.3. The van der Waals surface area contributed by atoms with Crippen LogP contribution < -0.4 is 10.1 Å². The van der Waals surface area contributed by atoms with Crippen LogP contribution in [0, 0.1) is 0 Å². The number of rotatable bonds is 9. The molecule has 0 aliphatic carbocycles. The van der Waals surface area contributed by atoms with E-state index in [0.29, 0.717) is 34.3 Å². The van der Waals surface area contributed by atoms with Gasteiger partial charge in [-0.25, -0.2) is 4.98 Å². The van der Waals surface area contributed by atoms with Crippen molar-refractivity contribution in [1.29, 1.82) is 0 Å². The number of furan rings is 1. The van der Waals surface area contributed by atoms with E-state index in [0.717, 1.165) is 23.3 Å². The first-order valence-corrected chi connectivity index (χ1v) is 11.7. The monoisotopic (exact) mass is 438 g/mol. The molecule has 4 rings (SSSR count). The minimum absolute atomic E-state index is 0.0116. The summed E-state index contributed by atoms with van der Waals surface area (Å²) in [6.07, 6.45) is 1.32. The molecule has 0 spiro atoms. The smallest absolute Gasteiger partial charge is 0.226 e. The summed E-state index contributed by atoms with van der Waals surface area (Å²) in [4.78, 5) is 16.7. The summed E-state index contributed by atoms with van der Waals surface area (Å²) in [6.45, 7) is 0. The van der Waals surface area contributed by atoms with Gasteiger partial charge in [-0.3, -0.25) is 4.79 Å². The molecule has 0 atom stereocenters. The number of fused-ring (bicyclic) bond motifs is 1. The van der Waals surface area contributed by atoms with Crippen LogP contribution in [0.2, 0.25) is 0 Å². The number of para-hydroxylation sites is 1. The van der Waals surface area contributed by atoms with Gasteiger partial charge in [-0.1, -0.05) is 42.5 Å². The largest absolute Gasteiger partial charge is 0.493 e. The average molecular weight is 439 g/mol. The number of ether oxygens (including phenoxy) is 1. The number of amides is 1. The Morgan fingerprint density at radius 3 is 2.90 bits per heavy atom. The van der Waals surface area contributed by atoms with Crippen molar-refractivity contribution in [1.82, 2.24) is 4.98 Å². The highest BCUT2D eigenvalue weighted by molar-refractivity contribution is 7.98. The van der Waals surface area contributed by atoms with Gasteiger partial charge in [-0.05, 0) is 29.9 Å². The van der Waals surface area contributed by atoms with Crippen LogP contribution in [0.5, 0.6) is 5.75 Å². The van der Waals surface area contributed by atoms with E-state index >= 15 is 0 Å². The van der Waals surface area contributed by atoms with Crippen LogP contribution in [-0.2, 0) is 10.5 Å². The molecule has 0 bridgehead atoms. The normalized spacial score (nSPS) is 11.0. The van der Waals surface area contributed by atoms with Crippen molar-refractivity contribution in [2.45, 2.75) is 18.6 Å². The van der Waals surface area contributed by atoms with Crippen molar-refractivity contribution in [3.8, 4) is 17.2 Å². The van der Waals surface area contributed by atoms with E-state index in [-0.39, 0.29) is 5.91 Å². The molecule has 2 aromatic carbocycles. The predicted octanol–water partition coefficient (Wildman–Crippen LogP) is 6.22. The van der Waals surface area contributed by atoms with Gasteiger partial charge in [-0.2, -0.15) is 11.8 Å². The summed E-state index contributed by atoms with van der Waals surface area (Å²) in [5.41, 5.74) is 2.71. The second-order valence-electron chi connectivity index (χ2n) is 6.72. The Morgan fingerprint density at radius 2 is 2.07 bits per heavy atom. The van der Waals surface area contributed by atoms with E-state index in [1.807, 2.05) is 59.6 Å². The first-order valence-electron chi connectivity index (χ1n) is 9.67. The van der Waals surface area contributed by atoms with E-state index in [2.05, 4.69) is 22.4 Å². The van der Waals surface area contributed by atoms with Crippen LogP contribution in [-0.4, -0.2) is 23.8 Å². The first kappa shape index (κ1) is 20.5. The van der Waals surface area contributed by atoms with E-state index in [9.17, 15) is 4.79 Å². The molecule has 2 heterocycles. The summed E-state index contributed by atoms with van der Waals surface area (Å²) in [5.74, 6) is 3.26. The maximum Gasteiger partial charge on any atom is 0.226 e. The molecule has 0 fully saturated rings. The topological polar surface area (TPSA) is 64.4 Å². The van der Waals surface area contributed by atoms with Gasteiger partial charge in [0, 0.05) is 22.9 Å². The second-order valence-corrected chi connectivity index (χ2v) is 8.68. The zero-order chi connectivity index (χ0) is 20.8. The number of anilines is 1. The Morgan fingerprint density at radius 1 is 1.20 bits per heavy atom. The molecule has 7 heteroatoms. The lowest BCUT2D eigenvalue weighted by molar-refractivity contribution is -0.116. The standard InChI is InChI=1S/C23H22N2O3S2/c1-27-19-10-5-9-17-13-20(28-22(17)19)18-15-30-23(24-18)25-21(26)11-6-12-29-14-16-7-3-2-4-8-16/h2-5,7-10,13,15H,6,11-12,14H2,1H3,(H,24,25,26). The first-order chi connectivity index (χ1) is 14.7. The van der Waals surface area contributed by atoms with Crippen LogP contribution in [0.1, 0.15) is 18.4 Å². The van der Waals surface area contributed by atoms with Crippen molar-refractivity contribution in [3.05, 3.63) is 65.5 Å². The number of carbonyl (C=O) groups is 1. The highest BCUT2D eigenvalue weighted by Crippen LogP contribution is 2.34. The van der Waals surface area contributed by atoms with Gasteiger partial charge in [0.25, 0.3) is 0 Å². The minimum Gasteiger partial charge on any atom is -0.493 e. The van der Waals surface area contributed by atoms with Crippen LogP contribution in [0.3, 0.4) is 0 Å². The summed E-state index contributed by atoms with van der Waals surface area (Å²) in [5, 5.41) is 6.31. The zero-order valence-electron chi connectivity index (χ0n) is 16.6. The van der Waals surface area contributed by atoms with Crippen LogP contribution in [0.25, 0.3) is 22.4 Å². The van der Waals surface area contributed by atoms with E-state index in [1.165, 1.54) is 16.9 Å². The van der Waals surface area contributed by atoms with Gasteiger partial charge in [-0.15, -0.1) is 11.3 Å². The highest BCUT2D eigenvalue weighted by Gasteiger charge is 2.14. The third kappa shape index (κ3) is 5.04. The molecule has 1 N–H and O–H groups in total. The Bertz CT molecular complexity index is 1120. The fraction of sp³-hybridized carbons (Fsp3) is 0.217. The maximum absolute atomic E-state index is 12.2. The van der Waals surface area contributed by atoms with Crippen molar-refractivity contribution in [3.63, 3.8) is 0 Å². The van der Waals surface area contributed by atoms with E-state index in [4.69, 9.17) is 9.15 Å². The fourth-order valence-corrected chi connectivity index (χ4v) is 4.69. The molecular formula is C23H22N2O3S2. The van der Waals surface area contributed by atoms with E-state index < -0.39 is 0 Å². The Labute approximate surface area is 183 Å². The van der Waals surface area contributed by atoms with Crippen molar-refractivity contribution in [2.24, 2.45) is 0 Å². The molecule has 1 amide bonds. The van der Waals surface area contributed by atoms with Gasteiger partial charge in [0.15, 0.2) is 22.2 Å². The van der Waals surface area contributed by atoms with Crippen LogP contribution in [0.4, 0.5) is 5.13 Å². The lowest BCUT2D eigenvalue weighted by atomic mass is 10.2. The number of benzene rings is 2. The van der Waals surface area contributed by atoms with E-state index in [1.54, 1.807) is 7.11 Å². The number of hydrogen-bond donors (Lipinski definition) is 1. The number of thioether (sulfide) groups is 1. The molecule has 0 aliphatic rings. The average Bonchev–Trinajstić information content (AvgIpc) is 3.40. The SMILES string of the molecule is COc1cccc2cc(-c3csc(NC(=O)CCCSCc4ccccc4)n3)oc12. The van der Waals surface area contributed by atoms with Gasteiger partial charge in [0.1, 0.15) is 5.69 Å². The number of nitrogens with one attached hydrogen (secondary N) is 1.